The van der Waals surface area contributed by atoms with Gasteiger partial charge in [-0.1, -0.05) is 12.1 Å². The molecule has 25 heavy (non-hydrogen) atoms. The minimum Gasteiger partial charge on any atom is -0.481 e. The summed E-state index contributed by atoms with van der Waals surface area (Å²) in [4.78, 5) is 40.4. The molecule has 0 spiro atoms. The lowest BCUT2D eigenvalue weighted by molar-refractivity contribution is -0.116. The second-order valence-corrected chi connectivity index (χ2v) is 5.33. The van der Waals surface area contributed by atoms with E-state index in [0.717, 1.165) is 4.68 Å². The van der Waals surface area contributed by atoms with E-state index >= 15 is 0 Å². The average molecular weight is 340 g/mol. The Morgan fingerprint density at radius 3 is 2.64 bits per heavy atom. The summed E-state index contributed by atoms with van der Waals surface area (Å²) in [7, 11) is 1.50. The van der Waals surface area contributed by atoms with Crippen molar-refractivity contribution >= 4 is 22.4 Å². The van der Waals surface area contributed by atoms with Gasteiger partial charge >= 0.3 is 0 Å². The van der Waals surface area contributed by atoms with Gasteiger partial charge in [0, 0.05) is 12.5 Å². The Balaban J connectivity index is 1.71. The van der Waals surface area contributed by atoms with Crippen LogP contribution in [0.1, 0.15) is 6.42 Å². The number of rotatable bonds is 5. The van der Waals surface area contributed by atoms with E-state index < -0.39 is 0 Å². The van der Waals surface area contributed by atoms with E-state index in [0.29, 0.717) is 22.3 Å². The monoisotopic (exact) mass is 340 g/mol. The van der Waals surface area contributed by atoms with Crippen molar-refractivity contribution in [3.63, 3.8) is 0 Å². The summed E-state index contributed by atoms with van der Waals surface area (Å²) < 4.78 is 6.09. The Hall–Kier alpha value is -3.42. The van der Waals surface area contributed by atoms with E-state index in [4.69, 9.17) is 4.74 Å². The number of aromatic amines is 1. The average Bonchev–Trinajstić information content (AvgIpc) is 2.64. The second kappa shape index (κ2) is 7.00. The molecule has 1 aromatic carbocycles. The smallest absolute Gasteiger partial charge is 0.273 e. The largest absolute Gasteiger partial charge is 0.481 e. The van der Waals surface area contributed by atoms with Crippen molar-refractivity contribution in [2.75, 3.05) is 12.4 Å². The summed E-state index contributed by atoms with van der Waals surface area (Å²) in [6.45, 7) is 0.0638. The van der Waals surface area contributed by atoms with Crippen molar-refractivity contribution < 1.29 is 9.53 Å². The number of carbonyl (C=O) groups is 1. The van der Waals surface area contributed by atoms with Crippen LogP contribution in [-0.2, 0) is 11.3 Å². The number of amides is 1. The van der Waals surface area contributed by atoms with Crippen LogP contribution in [0.4, 0.5) is 5.69 Å². The number of H-pyrrole nitrogens is 1. The van der Waals surface area contributed by atoms with Crippen molar-refractivity contribution in [1.82, 2.24) is 14.8 Å². The maximum absolute atomic E-state index is 12.4. The minimum absolute atomic E-state index is 0.0280. The van der Waals surface area contributed by atoms with Gasteiger partial charge in [0.05, 0.1) is 36.3 Å². The highest BCUT2D eigenvalue weighted by Gasteiger charge is 2.09. The van der Waals surface area contributed by atoms with Crippen molar-refractivity contribution in [1.29, 1.82) is 0 Å². The Morgan fingerprint density at radius 2 is 1.96 bits per heavy atom. The number of hydrogen-bond donors (Lipinski definition) is 2. The first-order valence-electron chi connectivity index (χ1n) is 7.60. The normalized spacial score (nSPS) is 10.6. The van der Waals surface area contributed by atoms with Gasteiger partial charge in [-0.15, -0.1) is 0 Å². The number of ether oxygens (including phenoxy) is 1. The number of hydrogen-bond acceptors (Lipinski definition) is 5. The molecule has 0 aliphatic heterocycles. The number of carbonyl (C=O) groups excluding carboxylic acids is 1. The molecule has 8 heteroatoms. The summed E-state index contributed by atoms with van der Waals surface area (Å²) in [5.41, 5.74) is -0.186. The number of pyridine rings is 1. The zero-order valence-corrected chi connectivity index (χ0v) is 13.5. The first-order chi connectivity index (χ1) is 12.1. The van der Waals surface area contributed by atoms with Gasteiger partial charge in [0.25, 0.3) is 11.1 Å². The van der Waals surface area contributed by atoms with Crippen molar-refractivity contribution in [3.05, 3.63) is 63.3 Å². The highest BCUT2D eigenvalue weighted by atomic mass is 16.5. The van der Waals surface area contributed by atoms with Crippen LogP contribution in [0.15, 0.2) is 52.2 Å². The van der Waals surface area contributed by atoms with E-state index in [9.17, 15) is 14.4 Å². The summed E-state index contributed by atoms with van der Waals surface area (Å²) in [6.07, 6.45) is 1.50. The SMILES string of the molecule is COc1ccc(NC(=O)CCn2[nH]c(=O)c3ccccc3c2=O)cn1. The van der Waals surface area contributed by atoms with E-state index in [1.54, 1.807) is 36.4 Å². The van der Waals surface area contributed by atoms with Gasteiger partial charge in [0.1, 0.15) is 0 Å². The summed E-state index contributed by atoms with van der Waals surface area (Å²) in [5, 5.41) is 5.82. The fourth-order valence-corrected chi connectivity index (χ4v) is 2.42. The highest BCUT2D eigenvalue weighted by molar-refractivity contribution is 5.90. The molecular weight excluding hydrogens is 324 g/mol. The predicted molar refractivity (Wildman–Crippen MR) is 92.9 cm³/mol. The summed E-state index contributed by atoms with van der Waals surface area (Å²) in [5.74, 6) is 0.145. The van der Waals surface area contributed by atoms with Gasteiger partial charge in [-0.25, -0.2) is 9.67 Å². The highest BCUT2D eigenvalue weighted by Crippen LogP contribution is 2.11. The number of aryl methyl sites for hydroxylation is 1. The number of nitrogens with one attached hydrogen (secondary N) is 2. The number of methoxy groups -OCH3 is 1. The molecule has 0 fully saturated rings. The van der Waals surface area contributed by atoms with E-state index in [1.165, 1.54) is 13.3 Å². The van der Waals surface area contributed by atoms with Crippen LogP contribution in [0, 0.1) is 0 Å². The molecule has 0 aliphatic rings. The van der Waals surface area contributed by atoms with E-state index in [1.807, 2.05) is 0 Å². The molecule has 3 rings (SSSR count). The maximum atomic E-state index is 12.4. The Kier molecular flexibility index (Phi) is 4.60. The molecule has 2 aromatic heterocycles. The standard InChI is InChI=1S/C17H16N4O4/c1-25-15-7-6-11(10-18-15)19-14(22)8-9-21-17(24)13-5-3-2-4-12(13)16(23)20-21/h2-7,10H,8-9H2,1H3,(H,19,22)(H,20,23). The Morgan fingerprint density at radius 1 is 1.20 bits per heavy atom. The fourth-order valence-electron chi connectivity index (χ4n) is 2.42. The zero-order chi connectivity index (χ0) is 17.8. The third-order valence-electron chi connectivity index (χ3n) is 3.68. The topological polar surface area (TPSA) is 106 Å². The zero-order valence-electron chi connectivity index (χ0n) is 13.5. The number of anilines is 1. The summed E-state index contributed by atoms with van der Waals surface area (Å²) in [6, 6.07) is 9.85. The predicted octanol–water partition coefficient (Wildman–Crippen LogP) is 1.12. The van der Waals surface area contributed by atoms with Crippen LogP contribution in [0.3, 0.4) is 0 Å². The van der Waals surface area contributed by atoms with Crippen LogP contribution in [0.25, 0.3) is 10.8 Å². The molecule has 0 unspecified atom stereocenters. The van der Waals surface area contributed by atoms with E-state index in [2.05, 4.69) is 15.4 Å². The number of aromatic nitrogens is 3. The van der Waals surface area contributed by atoms with Crippen molar-refractivity contribution in [3.8, 4) is 5.88 Å². The minimum atomic E-state index is -0.366. The number of nitrogens with zero attached hydrogens (tertiary/aromatic N) is 2. The molecule has 2 heterocycles. The van der Waals surface area contributed by atoms with Gasteiger partial charge in [-0.3, -0.25) is 19.5 Å². The van der Waals surface area contributed by atoms with Crippen LogP contribution < -0.4 is 21.2 Å². The molecule has 8 nitrogen and oxygen atoms in total. The lowest BCUT2D eigenvalue weighted by Crippen LogP contribution is -2.31. The van der Waals surface area contributed by atoms with Crippen molar-refractivity contribution in [2.24, 2.45) is 0 Å². The first-order valence-corrected chi connectivity index (χ1v) is 7.60. The molecule has 0 bridgehead atoms. The maximum Gasteiger partial charge on any atom is 0.273 e. The molecule has 128 valence electrons. The molecule has 0 atom stereocenters. The summed E-state index contributed by atoms with van der Waals surface area (Å²) >= 11 is 0. The molecule has 0 aliphatic carbocycles. The molecule has 0 radical (unpaired) electrons. The third-order valence-corrected chi connectivity index (χ3v) is 3.68. The molecule has 2 N–H and O–H groups in total. The van der Waals surface area contributed by atoms with Gasteiger partial charge in [-0.05, 0) is 18.2 Å². The Bertz CT molecular complexity index is 1020. The molecular formula is C17H16N4O4. The fraction of sp³-hybridized carbons (Fsp3) is 0.176. The van der Waals surface area contributed by atoms with Gasteiger partial charge < -0.3 is 10.1 Å². The third kappa shape index (κ3) is 3.57. The first kappa shape index (κ1) is 16.4. The lowest BCUT2D eigenvalue weighted by Gasteiger charge is -2.08. The van der Waals surface area contributed by atoms with Crippen molar-refractivity contribution in [2.45, 2.75) is 13.0 Å². The van der Waals surface area contributed by atoms with Crippen LogP contribution in [0.5, 0.6) is 5.88 Å². The van der Waals surface area contributed by atoms with Crippen LogP contribution >= 0.6 is 0 Å². The van der Waals surface area contributed by atoms with Crippen LogP contribution in [0.2, 0.25) is 0 Å². The van der Waals surface area contributed by atoms with Gasteiger partial charge in [0.15, 0.2) is 0 Å². The molecule has 1 amide bonds. The van der Waals surface area contributed by atoms with Gasteiger partial charge in [0.2, 0.25) is 11.8 Å². The van der Waals surface area contributed by atoms with Gasteiger partial charge in [-0.2, -0.15) is 0 Å². The molecule has 0 saturated heterocycles. The van der Waals surface area contributed by atoms with Crippen LogP contribution in [-0.4, -0.2) is 27.8 Å². The molecule has 3 aromatic rings. The quantitative estimate of drug-likeness (QED) is 0.724. The lowest BCUT2D eigenvalue weighted by atomic mass is 10.2. The second-order valence-electron chi connectivity index (χ2n) is 5.33. The Labute approximate surface area is 142 Å². The number of benzene rings is 1. The number of fused-ring (bicyclic) bond motifs is 1. The molecule has 0 saturated carbocycles. The van der Waals surface area contributed by atoms with E-state index in [-0.39, 0.29) is 30.0 Å².